The molecule has 0 unspecified atom stereocenters. The van der Waals surface area contributed by atoms with Gasteiger partial charge >= 0.3 is 0 Å². The second kappa shape index (κ2) is 8.86. The number of Topliss-reactive ketones (excluding diaryl/α,β-unsaturated/α-hetero) is 1. The summed E-state index contributed by atoms with van der Waals surface area (Å²) in [6.45, 7) is 6.56. The van der Waals surface area contributed by atoms with Gasteiger partial charge in [0, 0.05) is 42.4 Å². The van der Waals surface area contributed by atoms with Gasteiger partial charge in [-0.2, -0.15) is 0 Å². The summed E-state index contributed by atoms with van der Waals surface area (Å²) in [5, 5.41) is 2.09. The molecule has 1 aliphatic carbocycles. The highest BCUT2D eigenvalue weighted by atomic mass is 35.5. The van der Waals surface area contributed by atoms with Gasteiger partial charge in [-0.3, -0.25) is 4.79 Å². The lowest BCUT2D eigenvalue weighted by Crippen LogP contribution is -2.29. The molecule has 2 aromatic carbocycles. The van der Waals surface area contributed by atoms with E-state index >= 15 is 0 Å². The lowest BCUT2D eigenvalue weighted by molar-refractivity contribution is -0.113. The van der Waals surface area contributed by atoms with Gasteiger partial charge in [-0.05, 0) is 60.6 Å². The number of hydrogen-bond donors (Lipinski definition) is 0. The summed E-state index contributed by atoms with van der Waals surface area (Å²) in [7, 11) is 0. The normalized spacial score (nSPS) is 20.5. The van der Waals surface area contributed by atoms with Crippen molar-refractivity contribution >= 4 is 64.3 Å². The summed E-state index contributed by atoms with van der Waals surface area (Å²) in [6.07, 6.45) is 4.98. The van der Waals surface area contributed by atoms with Crippen LogP contribution in [0.1, 0.15) is 44.7 Å². The molecule has 0 radical (unpaired) electrons. The van der Waals surface area contributed by atoms with E-state index < -0.39 is 0 Å². The molecule has 5 heteroatoms. The Hall–Kier alpha value is -1.25. The molecule has 0 amide bonds. The highest BCUT2D eigenvalue weighted by Gasteiger charge is 2.34. The maximum Gasteiger partial charge on any atom is 0.185 e. The fraction of sp³-hybridized carbons (Fsp3) is 0.292. The third kappa shape index (κ3) is 5.09. The molecule has 0 saturated heterocycles. The van der Waals surface area contributed by atoms with Crippen molar-refractivity contribution in [2.45, 2.75) is 33.6 Å². The molecule has 0 aromatic heterocycles. The van der Waals surface area contributed by atoms with Crippen LogP contribution >= 0.6 is 46.4 Å². The molecule has 0 heterocycles. The Morgan fingerprint density at radius 3 is 1.41 bits per heavy atom. The maximum atomic E-state index is 13.3. The van der Waals surface area contributed by atoms with E-state index in [1.807, 2.05) is 12.2 Å². The lowest BCUT2D eigenvalue weighted by atomic mass is 9.68. The Morgan fingerprint density at radius 1 is 0.759 bits per heavy atom. The summed E-state index contributed by atoms with van der Waals surface area (Å²) >= 11 is 25.4. The van der Waals surface area contributed by atoms with Crippen molar-refractivity contribution in [3.8, 4) is 0 Å². The summed E-state index contributed by atoms with van der Waals surface area (Å²) in [4.78, 5) is 13.3. The number of carbonyl (C=O) groups excluding carboxylic acids is 1. The van der Waals surface area contributed by atoms with Gasteiger partial charge in [-0.25, -0.2) is 0 Å². The minimum atomic E-state index is -0.0162. The Labute approximate surface area is 192 Å². The van der Waals surface area contributed by atoms with Crippen molar-refractivity contribution in [3.63, 3.8) is 0 Å². The Morgan fingerprint density at radius 2 is 1.10 bits per heavy atom. The van der Waals surface area contributed by atoms with Gasteiger partial charge in [0.05, 0.1) is 0 Å². The molecule has 0 N–H and O–H groups in total. The molecule has 152 valence electrons. The second-order valence-electron chi connectivity index (χ2n) is 8.41. The minimum absolute atomic E-state index is 0.0162. The number of ketones is 1. The van der Waals surface area contributed by atoms with Crippen LogP contribution in [0, 0.1) is 11.3 Å². The molecule has 1 aliphatic rings. The van der Waals surface area contributed by atoms with Crippen molar-refractivity contribution in [2.75, 3.05) is 0 Å². The molecular weight excluding hydrogens is 446 g/mol. The zero-order chi connectivity index (χ0) is 21.3. The van der Waals surface area contributed by atoms with E-state index in [-0.39, 0.29) is 17.1 Å². The van der Waals surface area contributed by atoms with E-state index in [4.69, 9.17) is 46.4 Å². The maximum absolute atomic E-state index is 13.3. The first-order valence-corrected chi connectivity index (χ1v) is 10.9. The summed E-state index contributed by atoms with van der Waals surface area (Å²) in [5.41, 5.74) is 2.75. The minimum Gasteiger partial charge on any atom is -0.289 e. The first-order valence-electron chi connectivity index (χ1n) is 9.42. The fourth-order valence-electron chi connectivity index (χ4n) is 3.50. The van der Waals surface area contributed by atoms with Crippen LogP contribution in [0.3, 0.4) is 0 Å². The molecule has 0 bridgehead atoms. The zero-order valence-corrected chi connectivity index (χ0v) is 19.6. The molecule has 2 aromatic rings. The van der Waals surface area contributed by atoms with Crippen LogP contribution in [-0.2, 0) is 4.79 Å². The smallest absolute Gasteiger partial charge is 0.185 e. The van der Waals surface area contributed by atoms with E-state index in [9.17, 15) is 4.79 Å². The average Bonchev–Trinajstić information content (AvgIpc) is 2.63. The van der Waals surface area contributed by atoms with E-state index in [1.54, 1.807) is 36.4 Å². The van der Waals surface area contributed by atoms with Crippen LogP contribution < -0.4 is 0 Å². The van der Waals surface area contributed by atoms with Crippen LogP contribution in [0.15, 0.2) is 47.5 Å². The van der Waals surface area contributed by atoms with Gasteiger partial charge < -0.3 is 0 Å². The number of hydrogen-bond acceptors (Lipinski definition) is 1. The molecule has 1 fully saturated rings. The van der Waals surface area contributed by atoms with Crippen molar-refractivity contribution in [2.24, 2.45) is 11.3 Å². The van der Waals surface area contributed by atoms with Gasteiger partial charge in [-0.15, -0.1) is 0 Å². The SMILES string of the molecule is CC(C)(C)C1C/C(=C/c2c(Cl)cccc2Cl)C(=O)/C(=C\c2c(Cl)cccc2Cl)C1. The second-order valence-corrected chi connectivity index (χ2v) is 10.0. The van der Waals surface area contributed by atoms with Gasteiger partial charge in [0.1, 0.15) is 0 Å². The molecule has 3 rings (SSSR count). The summed E-state index contributed by atoms with van der Waals surface area (Å²) in [5.74, 6) is 0.262. The van der Waals surface area contributed by atoms with Crippen molar-refractivity contribution in [3.05, 3.63) is 78.8 Å². The van der Waals surface area contributed by atoms with E-state index in [2.05, 4.69) is 20.8 Å². The van der Waals surface area contributed by atoms with Crippen LogP contribution in [-0.4, -0.2) is 5.78 Å². The molecule has 0 aliphatic heterocycles. The number of allylic oxidation sites excluding steroid dienone is 2. The Kier molecular flexibility index (Phi) is 6.85. The summed E-state index contributed by atoms with van der Waals surface area (Å²) < 4.78 is 0. The van der Waals surface area contributed by atoms with Crippen molar-refractivity contribution in [1.82, 2.24) is 0 Å². The van der Waals surface area contributed by atoms with E-state index in [1.165, 1.54) is 0 Å². The predicted octanol–water partition coefficient (Wildman–Crippen LogP) is 8.79. The molecular formula is C24H22Cl4O. The van der Waals surface area contributed by atoms with Gasteiger partial charge in [-0.1, -0.05) is 79.3 Å². The number of benzene rings is 2. The topological polar surface area (TPSA) is 17.1 Å². The van der Waals surface area contributed by atoms with Crippen molar-refractivity contribution in [1.29, 1.82) is 0 Å². The van der Waals surface area contributed by atoms with Gasteiger partial charge in [0.25, 0.3) is 0 Å². The monoisotopic (exact) mass is 466 g/mol. The van der Waals surface area contributed by atoms with E-state index in [0.29, 0.717) is 55.2 Å². The van der Waals surface area contributed by atoms with Crippen LogP contribution in [0.4, 0.5) is 0 Å². The Bertz CT molecular complexity index is 898. The largest absolute Gasteiger partial charge is 0.289 e. The first-order chi connectivity index (χ1) is 13.6. The highest BCUT2D eigenvalue weighted by molar-refractivity contribution is 6.38. The molecule has 0 atom stereocenters. The number of rotatable bonds is 2. The lowest BCUT2D eigenvalue weighted by Gasteiger charge is -2.35. The quantitative estimate of drug-likeness (QED) is 0.403. The van der Waals surface area contributed by atoms with Gasteiger partial charge in [0.15, 0.2) is 5.78 Å². The predicted molar refractivity (Wildman–Crippen MR) is 126 cm³/mol. The molecule has 1 saturated carbocycles. The first kappa shape index (κ1) is 22.4. The zero-order valence-electron chi connectivity index (χ0n) is 16.5. The van der Waals surface area contributed by atoms with Crippen molar-refractivity contribution < 1.29 is 4.79 Å². The van der Waals surface area contributed by atoms with Crippen LogP contribution in [0.5, 0.6) is 0 Å². The highest BCUT2D eigenvalue weighted by Crippen LogP contribution is 2.43. The number of carbonyl (C=O) groups is 1. The number of halogens is 4. The van der Waals surface area contributed by atoms with E-state index in [0.717, 1.165) is 0 Å². The third-order valence-corrected chi connectivity index (χ3v) is 6.70. The average molecular weight is 468 g/mol. The third-order valence-electron chi connectivity index (χ3n) is 5.38. The summed E-state index contributed by atoms with van der Waals surface area (Å²) in [6, 6.07) is 10.7. The van der Waals surface area contributed by atoms with Crippen LogP contribution in [0.2, 0.25) is 20.1 Å². The molecule has 1 nitrogen and oxygen atoms in total. The standard InChI is InChI=1S/C24H22Cl4O/c1-24(2,3)16-10-14(12-17-19(25)6-4-7-20(17)26)23(29)15(11-16)13-18-21(27)8-5-9-22(18)28/h4-9,12-13,16H,10-11H2,1-3H3/b14-12-,15-13-. The van der Waals surface area contributed by atoms with Gasteiger partial charge in [0.2, 0.25) is 0 Å². The molecule has 0 spiro atoms. The Balaban J connectivity index is 2.12. The molecule has 29 heavy (non-hydrogen) atoms. The fourth-order valence-corrected chi connectivity index (χ4v) is 4.51. The van der Waals surface area contributed by atoms with Crippen LogP contribution in [0.25, 0.3) is 12.2 Å².